The maximum absolute atomic E-state index is 12.2. The van der Waals surface area contributed by atoms with E-state index in [1.165, 1.54) is 0 Å². The van der Waals surface area contributed by atoms with Crippen LogP contribution in [0.4, 0.5) is 14.5 Å². The van der Waals surface area contributed by atoms with Crippen LogP contribution in [0, 0.1) is 0 Å². The Bertz CT molecular complexity index is 410. The van der Waals surface area contributed by atoms with Crippen molar-refractivity contribution >= 4 is 5.69 Å². The number of nitrogens with zero attached hydrogens (tertiary/aromatic N) is 1. The lowest BCUT2D eigenvalue weighted by Gasteiger charge is -2.31. The summed E-state index contributed by atoms with van der Waals surface area (Å²) in [5, 5.41) is 5.28. The van der Waals surface area contributed by atoms with Gasteiger partial charge in [0.2, 0.25) is 0 Å². The molecule has 112 valence electrons. The quantitative estimate of drug-likeness (QED) is 0.872. The monoisotopic (exact) mass is 286 g/mol. The first-order valence-electron chi connectivity index (χ1n) is 6.74. The van der Waals surface area contributed by atoms with Gasteiger partial charge in [0.25, 0.3) is 6.43 Å². The summed E-state index contributed by atoms with van der Waals surface area (Å²) < 4.78 is 29.6. The van der Waals surface area contributed by atoms with E-state index in [9.17, 15) is 8.78 Å². The Morgan fingerprint density at radius 3 is 2.65 bits per heavy atom. The van der Waals surface area contributed by atoms with Gasteiger partial charge in [0.15, 0.2) is 0 Å². The number of anilines is 1. The van der Waals surface area contributed by atoms with Gasteiger partial charge in [0, 0.05) is 19.1 Å². The number of rotatable bonds is 6. The first-order valence-corrected chi connectivity index (χ1v) is 6.74. The molecule has 0 radical (unpaired) electrons. The second-order valence-corrected chi connectivity index (χ2v) is 4.73. The molecular formula is C14H20F2N2O2. The average Bonchev–Trinajstić information content (AvgIpc) is 2.47. The molecule has 0 aromatic heterocycles. The highest BCUT2D eigenvalue weighted by atomic mass is 19.3. The molecule has 6 heteroatoms. The third kappa shape index (κ3) is 4.31. The van der Waals surface area contributed by atoms with E-state index in [2.05, 4.69) is 5.32 Å². The Morgan fingerprint density at radius 1 is 1.30 bits per heavy atom. The Morgan fingerprint density at radius 2 is 2.00 bits per heavy atom. The van der Waals surface area contributed by atoms with Crippen molar-refractivity contribution in [2.75, 3.05) is 32.1 Å². The molecule has 1 aliphatic heterocycles. The van der Waals surface area contributed by atoms with Gasteiger partial charge < -0.3 is 14.9 Å². The number of piperidine rings is 1. The molecule has 1 N–H and O–H groups in total. The summed E-state index contributed by atoms with van der Waals surface area (Å²) >= 11 is 0. The molecule has 1 aromatic rings. The predicted octanol–water partition coefficient (Wildman–Crippen LogP) is 2.77. The smallest absolute Gasteiger partial charge is 0.272 e. The minimum Gasteiger partial charge on any atom is -0.485 e. The molecule has 1 aliphatic rings. The highest BCUT2D eigenvalue weighted by Gasteiger charge is 2.19. The summed E-state index contributed by atoms with van der Waals surface area (Å²) in [6.07, 6.45) is -0.582. The first kappa shape index (κ1) is 15.0. The molecule has 0 spiro atoms. The zero-order valence-corrected chi connectivity index (χ0v) is 11.5. The summed E-state index contributed by atoms with van der Waals surface area (Å²) in [6, 6.07) is 7.50. The van der Waals surface area contributed by atoms with E-state index in [1.54, 1.807) is 19.2 Å². The third-order valence-electron chi connectivity index (χ3n) is 3.32. The van der Waals surface area contributed by atoms with Crippen molar-refractivity contribution in [2.24, 2.45) is 0 Å². The van der Waals surface area contributed by atoms with Gasteiger partial charge in [0.05, 0.1) is 12.8 Å². The Balaban J connectivity index is 1.92. The maximum atomic E-state index is 12.2. The molecule has 0 aliphatic carbocycles. The van der Waals surface area contributed by atoms with Crippen LogP contribution in [0.2, 0.25) is 0 Å². The van der Waals surface area contributed by atoms with Crippen LogP contribution in [0.25, 0.3) is 0 Å². The van der Waals surface area contributed by atoms with Crippen LogP contribution in [0.1, 0.15) is 12.8 Å². The number of hydrogen-bond donors (Lipinski definition) is 1. The predicted molar refractivity (Wildman–Crippen MR) is 73.2 cm³/mol. The molecule has 0 amide bonds. The van der Waals surface area contributed by atoms with Crippen molar-refractivity contribution in [1.82, 2.24) is 5.06 Å². The maximum Gasteiger partial charge on any atom is 0.272 e. The Hall–Kier alpha value is -1.40. The topological polar surface area (TPSA) is 33.7 Å². The standard InChI is InChI=1S/C14H20F2N2O2/c1-19-18-8-6-11(7-9-18)17-12-4-2-3-5-13(12)20-10-14(15)16/h2-5,11,14,17H,6-10H2,1H3. The van der Waals surface area contributed by atoms with E-state index >= 15 is 0 Å². The van der Waals surface area contributed by atoms with Gasteiger partial charge in [-0.3, -0.25) is 0 Å². The van der Waals surface area contributed by atoms with Crippen LogP contribution in [0.15, 0.2) is 24.3 Å². The molecule has 2 rings (SSSR count). The summed E-state index contributed by atoms with van der Waals surface area (Å²) in [5.41, 5.74) is 0.768. The molecule has 1 aromatic carbocycles. The van der Waals surface area contributed by atoms with E-state index in [0.29, 0.717) is 11.8 Å². The van der Waals surface area contributed by atoms with Crippen molar-refractivity contribution < 1.29 is 18.4 Å². The van der Waals surface area contributed by atoms with Gasteiger partial charge in [-0.2, -0.15) is 5.06 Å². The number of para-hydroxylation sites is 2. The summed E-state index contributed by atoms with van der Waals surface area (Å²) in [5.74, 6) is 0.474. The molecular weight excluding hydrogens is 266 g/mol. The second kappa shape index (κ2) is 7.40. The largest absolute Gasteiger partial charge is 0.485 e. The Kier molecular flexibility index (Phi) is 5.55. The summed E-state index contributed by atoms with van der Waals surface area (Å²) in [7, 11) is 1.67. The molecule has 1 saturated heterocycles. The van der Waals surface area contributed by atoms with Crippen molar-refractivity contribution in [3.8, 4) is 5.75 Å². The zero-order valence-electron chi connectivity index (χ0n) is 11.5. The SMILES string of the molecule is CON1CCC(Nc2ccccc2OCC(F)F)CC1. The molecule has 0 unspecified atom stereocenters. The van der Waals surface area contributed by atoms with Crippen LogP contribution in [-0.2, 0) is 4.84 Å². The van der Waals surface area contributed by atoms with Gasteiger partial charge in [0.1, 0.15) is 12.4 Å². The van der Waals surface area contributed by atoms with Crippen LogP contribution < -0.4 is 10.1 Å². The lowest BCUT2D eigenvalue weighted by atomic mass is 10.1. The fraction of sp³-hybridized carbons (Fsp3) is 0.571. The summed E-state index contributed by atoms with van der Waals surface area (Å²) in [4.78, 5) is 5.18. The zero-order chi connectivity index (χ0) is 14.4. The first-order chi connectivity index (χ1) is 9.69. The fourth-order valence-electron chi connectivity index (χ4n) is 2.27. The van der Waals surface area contributed by atoms with Gasteiger partial charge in [-0.25, -0.2) is 8.78 Å². The van der Waals surface area contributed by atoms with Crippen molar-refractivity contribution in [2.45, 2.75) is 25.3 Å². The number of hydrogen-bond acceptors (Lipinski definition) is 4. The molecule has 1 heterocycles. The molecule has 20 heavy (non-hydrogen) atoms. The second-order valence-electron chi connectivity index (χ2n) is 4.73. The number of halogens is 2. The van der Waals surface area contributed by atoms with Gasteiger partial charge >= 0.3 is 0 Å². The van der Waals surface area contributed by atoms with Gasteiger partial charge in [-0.15, -0.1) is 0 Å². The van der Waals surface area contributed by atoms with Crippen molar-refractivity contribution in [1.29, 1.82) is 0 Å². The van der Waals surface area contributed by atoms with E-state index in [-0.39, 0.29) is 0 Å². The molecule has 0 saturated carbocycles. The van der Waals surface area contributed by atoms with Crippen LogP contribution in [0.5, 0.6) is 5.75 Å². The van der Waals surface area contributed by atoms with E-state index in [0.717, 1.165) is 31.6 Å². The van der Waals surface area contributed by atoms with Crippen LogP contribution in [0.3, 0.4) is 0 Å². The lowest BCUT2D eigenvalue weighted by molar-refractivity contribution is -0.142. The highest BCUT2D eigenvalue weighted by Crippen LogP contribution is 2.26. The minimum absolute atomic E-state index is 0.303. The van der Waals surface area contributed by atoms with Crippen LogP contribution >= 0.6 is 0 Å². The lowest BCUT2D eigenvalue weighted by Crippen LogP contribution is -2.38. The minimum atomic E-state index is -2.46. The fourth-order valence-corrected chi connectivity index (χ4v) is 2.27. The number of alkyl halides is 2. The van der Waals surface area contributed by atoms with Crippen molar-refractivity contribution in [3.63, 3.8) is 0 Å². The van der Waals surface area contributed by atoms with E-state index in [1.807, 2.05) is 17.2 Å². The normalized spacial score (nSPS) is 17.4. The van der Waals surface area contributed by atoms with E-state index in [4.69, 9.17) is 9.57 Å². The molecule has 0 bridgehead atoms. The number of nitrogens with one attached hydrogen (secondary N) is 1. The number of hydroxylamine groups is 2. The van der Waals surface area contributed by atoms with E-state index < -0.39 is 13.0 Å². The summed E-state index contributed by atoms with van der Waals surface area (Å²) in [6.45, 7) is 1.13. The van der Waals surface area contributed by atoms with Crippen LogP contribution in [-0.4, -0.2) is 44.3 Å². The third-order valence-corrected chi connectivity index (χ3v) is 3.32. The Labute approximate surface area is 117 Å². The van der Waals surface area contributed by atoms with Gasteiger partial charge in [-0.05, 0) is 25.0 Å². The average molecular weight is 286 g/mol. The number of ether oxygens (including phenoxy) is 1. The molecule has 0 atom stereocenters. The van der Waals surface area contributed by atoms with Crippen molar-refractivity contribution in [3.05, 3.63) is 24.3 Å². The van der Waals surface area contributed by atoms with Gasteiger partial charge in [-0.1, -0.05) is 12.1 Å². The number of benzene rings is 1. The highest BCUT2D eigenvalue weighted by molar-refractivity contribution is 5.56. The molecule has 1 fully saturated rings. The molecule has 4 nitrogen and oxygen atoms in total.